The van der Waals surface area contributed by atoms with Gasteiger partial charge in [0.05, 0.1) is 6.17 Å². The van der Waals surface area contributed by atoms with Crippen LogP contribution in [-0.2, 0) is 0 Å². The summed E-state index contributed by atoms with van der Waals surface area (Å²) in [6.45, 7) is 2.31. The second kappa shape index (κ2) is 2.73. The Hall–Kier alpha value is -0.120. The van der Waals surface area contributed by atoms with Gasteiger partial charge in [0.1, 0.15) is 0 Å². The summed E-state index contributed by atoms with van der Waals surface area (Å²) in [6.07, 6.45) is 3.33. The van der Waals surface area contributed by atoms with Gasteiger partial charge in [0.15, 0.2) is 0 Å². The van der Waals surface area contributed by atoms with Crippen molar-refractivity contribution in [3.8, 4) is 0 Å². The molecule has 0 bridgehead atoms. The highest BCUT2D eigenvalue weighted by molar-refractivity contribution is 4.90. The number of piperidine rings is 1. The van der Waals surface area contributed by atoms with Gasteiger partial charge in [-0.1, -0.05) is 0 Å². The Morgan fingerprint density at radius 1 is 1.27 bits per heavy atom. The van der Waals surface area contributed by atoms with Crippen LogP contribution in [0.1, 0.15) is 12.8 Å². The first-order valence-electron chi connectivity index (χ1n) is 4.43. The van der Waals surface area contributed by atoms with Crippen molar-refractivity contribution in [2.45, 2.75) is 25.0 Å². The van der Waals surface area contributed by atoms with Crippen molar-refractivity contribution in [2.75, 3.05) is 27.3 Å². The molecule has 64 valence electrons. The Kier molecular flexibility index (Phi) is 1.87. The fourth-order valence-electron chi connectivity index (χ4n) is 2.25. The van der Waals surface area contributed by atoms with Crippen LogP contribution >= 0.6 is 0 Å². The molecule has 0 aromatic heterocycles. The highest BCUT2D eigenvalue weighted by Gasteiger charge is 2.35. The fourth-order valence-corrected chi connectivity index (χ4v) is 2.25. The summed E-state index contributed by atoms with van der Waals surface area (Å²) in [5.41, 5.74) is 0. The first kappa shape index (κ1) is 7.53. The molecule has 0 amide bonds. The minimum atomic E-state index is 0.619. The standard InChI is InChI=1S/C8H17N3/c1-10-5-3-4-7-8(10)9-6-11(7)2/h7-9H,3-6H2,1-2H3. The molecule has 11 heavy (non-hydrogen) atoms. The molecular weight excluding hydrogens is 138 g/mol. The molecule has 2 aliphatic heterocycles. The topological polar surface area (TPSA) is 18.5 Å². The van der Waals surface area contributed by atoms with E-state index in [1.807, 2.05) is 0 Å². The fraction of sp³-hybridized carbons (Fsp3) is 1.00. The Labute approximate surface area is 68.4 Å². The molecule has 2 fully saturated rings. The molecule has 2 saturated heterocycles. The van der Waals surface area contributed by atoms with Crippen LogP contribution in [-0.4, -0.2) is 49.3 Å². The predicted octanol–water partition coefficient (Wildman–Crippen LogP) is -0.101. The van der Waals surface area contributed by atoms with Gasteiger partial charge in [0.25, 0.3) is 0 Å². The second-order valence-corrected chi connectivity index (χ2v) is 3.75. The number of likely N-dealkylation sites (N-methyl/N-ethyl adjacent to an activating group) is 2. The largest absolute Gasteiger partial charge is 0.290 e. The smallest absolute Gasteiger partial charge is 0.0765 e. The van der Waals surface area contributed by atoms with Crippen molar-refractivity contribution in [1.29, 1.82) is 0 Å². The van der Waals surface area contributed by atoms with Gasteiger partial charge in [-0.15, -0.1) is 0 Å². The van der Waals surface area contributed by atoms with Crippen LogP contribution in [0, 0.1) is 0 Å². The Morgan fingerprint density at radius 2 is 2.09 bits per heavy atom. The summed E-state index contributed by atoms with van der Waals surface area (Å²) in [5.74, 6) is 0. The molecule has 0 aromatic rings. The average Bonchev–Trinajstić information content (AvgIpc) is 2.35. The summed E-state index contributed by atoms with van der Waals surface area (Å²) < 4.78 is 0. The summed E-state index contributed by atoms with van der Waals surface area (Å²) >= 11 is 0. The van der Waals surface area contributed by atoms with Crippen molar-refractivity contribution in [3.63, 3.8) is 0 Å². The van der Waals surface area contributed by atoms with Gasteiger partial charge in [0, 0.05) is 12.7 Å². The zero-order chi connectivity index (χ0) is 7.84. The third kappa shape index (κ3) is 1.17. The lowest BCUT2D eigenvalue weighted by Gasteiger charge is -2.35. The third-order valence-electron chi connectivity index (χ3n) is 2.97. The quantitative estimate of drug-likeness (QED) is 0.527. The second-order valence-electron chi connectivity index (χ2n) is 3.75. The van der Waals surface area contributed by atoms with Crippen molar-refractivity contribution in [3.05, 3.63) is 0 Å². The van der Waals surface area contributed by atoms with Gasteiger partial charge >= 0.3 is 0 Å². The van der Waals surface area contributed by atoms with Gasteiger partial charge in [0.2, 0.25) is 0 Å². The molecular formula is C8H17N3. The van der Waals surface area contributed by atoms with Crippen molar-refractivity contribution >= 4 is 0 Å². The number of rotatable bonds is 0. The van der Waals surface area contributed by atoms with E-state index in [1.165, 1.54) is 19.4 Å². The first-order chi connectivity index (χ1) is 5.29. The Bertz CT molecular complexity index is 146. The Morgan fingerprint density at radius 3 is 2.82 bits per heavy atom. The van der Waals surface area contributed by atoms with Crippen LogP contribution in [0.15, 0.2) is 0 Å². The molecule has 2 heterocycles. The molecule has 2 aliphatic rings. The lowest BCUT2D eigenvalue weighted by atomic mass is 10.0. The molecule has 0 saturated carbocycles. The number of hydrogen-bond donors (Lipinski definition) is 1. The maximum atomic E-state index is 3.51. The van der Waals surface area contributed by atoms with Gasteiger partial charge < -0.3 is 0 Å². The molecule has 0 radical (unpaired) electrons. The van der Waals surface area contributed by atoms with Crippen molar-refractivity contribution in [2.24, 2.45) is 0 Å². The van der Waals surface area contributed by atoms with E-state index in [-0.39, 0.29) is 0 Å². The van der Waals surface area contributed by atoms with Crippen LogP contribution in [0.5, 0.6) is 0 Å². The molecule has 2 unspecified atom stereocenters. The van der Waals surface area contributed by atoms with E-state index in [0.29, 0.717) is 6.17 Å². The molecule has 2 rings (SSSR count). The summed E-state index contributed by atoms with van der Waals surface area (Å²) in [7, 11) is 4.42. The van der Waals surface area contributed by atoms with E-state index in [2.05, 4.69) is 29.2 Å². The van der Waals surface area contributed by atoms with E-state index in [4.69, 9.17) is 0 Å². The van der Waals surface area contributed by atoms with Crippen LogP contribution in [0.2, 0.25) is 0 Å². The number of fused-ring (bicyclic) bond motifs is 1. The molecule has 3 heteroatoms. The number of nitrogens with zero attached hydrogens (tertiary/aromatic N) is 2. The van der Waals surface area contributed by atoms with E-state index in [9.17, 15) is 0 Å². The number of hydrogen-bond acceptors (Lipinski definition) is 3. The van der Waals surface area contributed by atoms with E-state index >= 15 is 0 Å². The highest BCUT2D eigenvalue weighted by Crippen LogP contribution is 2.21. The summed E-state index contributed by atoms with van der Waals surface area (Å²) in [6, 6.07) is 0.758. The van der Waals surface area contributed by atoms with Crippen molar-refractivity contribution < 1.29 is 0 Å². The van der Waals surface area contributed by atoms with Crippen molar-refractivity contribution in [1.82, 2.24) is 15.1 Å². The first-order valence-corrected chi connectivity index (χ1v) is 4.43. The van der Waals surface area contributed by atoms with Gasteiger partial charge in [-0.25, -0.2) is 0 Å². The minimum absolute atomic E-state index is 0.619. The van der Waals surface area contributed by atoms with Crippen LogP contribution < -0.4 is 5.32 Å². The summed E-state index contributed by atoms with van der Waals surface area (Å²) in [4.78, 5) is 4.85. The van der Waals surface area contributed by atoms with E-state index < -0.39 is 0 Å². The monoisotopic (exact) mass is 155 g/mol. The highest BCUT2D eigenvalue weighted by atomic mass is 15.4. The lowest BCUT2D eigenvalue weighted by Crippen LogP contribution is -2.50. The third-order valence-corrected chi connectivity index (χ3v) is 2.97. The number of nitrogens with one attached hydrogen (secondary N) is 1. The van der Waals surface area contributed by atoms with Gasteiger partial charge in [-0.05, 0) is 33.5 Å². The molecule has 3 nitrogen and oxygen atoms in total. The zero-order valence-corrected chi connectivity index (χ0v) is 7.38. The normalized spacial score (nSPS) is 40.9. The molecule has 2 atom stereocenters. The van der Waals surface area contributed by atoms with Gasteiger partial charge in [-0.3, -0.25) is 15.1 Å². The average molecular weight is 155 g/mol. The maximum absolute atomic E-state index is 3.51. The molecule has 0 aliphatic carbocycles. The van der Waals surface area contributed by atoms with Crippen LogP contribution in [0.4, 0.5) is 0 Å². The zero-order valence-electron chi connectivity index (χ0n) is 7.38. The van der Waals surface area contributed by atoms with E-state index in [1.54, 1.807) is 0 Å². The minimum Gasteiger partial charge on any atom is -0.290 e. The molecule has 1 N–H and O–H groups in total. The lowest BCUT2D eigenvalue weighted by molar-refractivity contribution is 0.123. The summed E-state index contributed by atoms with van der Waals surface area (Å²) in [5, 5.41) is 3.51. The van der Waals surface area contributed by atoms with E-state index in [0.717, 1.165) is 12.7 Å². The van der Waals surface area contributed by atoms with Crippen LogP contribution in [0.3, 0.4) is 0 Å². The predicted molar refractivity (Wildman–Crippen MR) is 45.2 cm³/mol. The Balaban J connectivity index is 2.07. The molecule has 0 spiro atoms. The number of likely N-dealkylation sites (tertiary alicyclic amines) is 1. The SMILES string of the molecule is CN1CNC2C1CCCN2C. The van der Waals surface area contributed by atoms with Gasteiger partial charge in [-0.2, -0.15) is 0 Å². The van der Waals surface area contributed by atoms with Crippen LogP contribution in [0.25, 0.3) is 0 Å². The molecule has 0 aromatic carbocycles. The maximum Gasteiger partial charge on any atom is 0.0765 e.